The van der Waals surface area contributed by atoms with Gasteiger partial charge in [0.1, 0.15) is 5.78 Å². The van der Waals surface area contributed by atoms with Crippen molar-refractivity contribution in [2.75, 3.05) is 25.7 Å². The Labute approximate surface area is 138 Å². The number of aliphatic hydroxyl groups is 1. The van der Waals surface area contributed by atoms with E-state index in [-0.39, 0.29) is 33.6 Å². The van der Waals surface area contributed by atoms with Gasteiger partial charge in [0.15, 0.2) is 6.29 Å². The number of hydrogen-bond acceptors (Lipinski definition) is 7. The normalized spacial score (nSPS) is 38.0. The number of Topliss-reactive ketones (excluding diaryl/α,β-unsaturated/α-hetero) is 1. The third-order valence-corrected chi connectivity index (χ3v) is 9.18. The van der Waals surface area contributed by atoms with Gasteiger partial charge in [0.05, 0.1) is 23.0 Å². The molecule has 1 aliphatic heterocycles. The van der Waals surface area contributed by atoms with Crippen LogP contribution in [0.1, 0.15) is 19.3 Å². The van der Waals surface area contributed by atoms with Crippen LogP contribution >= 0.6 is 23.5 Å². The lowest BCUT2D eigenvalue weighted by atomic mass is 9.63. The van der Waals surface area contributed by atoms with Gasteiger partial charge in [-0.2, -0.15) is 0 Å². The summed E-state index contributed by atoms with van der Waals surface area (Å²) >= 11 is 3.67. The van der Waals surface area contributed by atoms with Crippen LogP contribution in [0.5, 0.6) is 0 Å². The average molecular weight is 346 g/mol. The molecule has 0 aromatic carbocycles. The summed E-state index contributed by atoms with van der Waals surface area (Å²) in [6.07, 6.45) is 0.910. The number of hydrogen-bond donors (Lipinski definition) is 1. The van der Waals surface area contributed by atoms with Gasteiger partial charge in [0.2, 0.25) is 0 Å². The molecular weight excluding hydrogens is 324 g/mol. The topological polar surface area (TPSA) is 72.8 Å². The molecule has 0 amide bonds. The largest absolute Gasteiger partial charge is 0.469 e. The van der Waals surface area contributed by atoms with Gasteiger partial charge >= 0.3 is 5.97 Å². The molecule has 124 valence electrons. The van der Waals surface area contributed by atoms with Crippen molar-refractivity contribution in [3.05, 3.63) is 0 Å². The van der Waals surface area contributed by atoms with Crippen molar-refractivity contribution in [3.63, 3.8) is 0 Å². The van der Waals surface area contributed by atoms with E-state index in [0.29, 0.717) is 12.8 Å². The molecule has 3 fully saturated rings. The minimum absolute atomic E-state index is 0.0438. The number of methoxy groups -OCH3 is 2. The maximum absolute atomic E-state index is 12.6. The first-order valence-corrected chi connectivity index (χ1v) is 9.61. The molecule has 2 bridgehead atoms. The fourth-order valence-corrected chi connectivity index (χ4v) is 8.04. The molecule has 3 rings (SSSR count). The van der Waals surface area contributed by atoms with Crippen LogP contribution in [0, 0.1) is 23.7 Å². The summed E-state index contributed by atoms with van der Waals surface area (Å²) in [5.74, 6) is 1.26. The highest BCUT2D eigenvalue weighted by atomic mass is 32.2. The fourth-order valence-electron chi connectivity index (χ4n) is 4.26. The third kappa shape index (κ3) is 2.50. The van der Waals surface area contributed by atoms with Crippen molar-refractivity contribution >= 4 is 35.3 Å². The summed E-state index contributed by atoms with van der Waals surface area (Å²) in [6.45, 7) is 0. The summed E-state index contributed by atoms with van der Waals surface area (Å²) in [4.78, 5) is 24.9. The molecule has 0 aromatic rings. The number of esters is 1. The molecule has 22 heavy (non-hydrogen) atoms. The SMILES string of the molecule is COC(=O)[C@H]1C[C@H]2C[C@H](C[C@H]([C@@H](O)OC)C2=O)C12SCCS2. The van der Waals surface area contributed by atoms with Crippen LogP contribution < -0.4 is 0 Å². The number of carbonyl (C=O) groups excluding carboxylic acids is 2. The van der Waals surface area contributed by atoms with E-state index in [2.05, 4.69) is 0 Å². The molecule has 0 unspecified atom stereocenters. The number of ether oxygens (including phenoxy) is 2. The quantitative estimate of drug-likeness (QED) is 0.614. The van der Waals surface area contributed by atoms with E-state index in [0.717, 1.165) is 17.9 Å². The van der Waals surface area contributed by atoms with E-state index < -0.39 is 12.2 Å². The van der Waals surface area contributed by atoms with Crippen molar-refractivity contribution in [2.24, 2.45) is 23.7 Å². The molecule has 0 radical (unpaired) electrons. The maximum Gasteiger partial charge on any atom is 0.310 e. The second-order valence-corrected chi connectivity index (χ2v) is 9.23. The highest BCUT2D eigenvalue weighted by Gasteiger charge is 2.60. The number of fused-ring (bicyclic) bond motifs is 3. The van der Waals surface area contributed by atoms with E-state index in [4.69, 9.17) is 9.47 Å². The maximum atomic E-state index is 12.6. The predicted molar refractivity (Wildman–Crippen MR) is 85.5 cm³/mol. The van der Waals surface area contributed by atoms with Crippen molar-refractivity contribution < 1.29 is 24.2 Å². The van der Waals surface area contributed by atoms with Gasteiger partial charge < -0.3 is 14.6 Å². The highest BCUT2D eigenvalue weighted by molar-refractivity contribution is 8.21. The molecule has 1 N–H and O–H groups in total. The van der Waals surface area contributed by atoms with Crippen LogP contribution in [0.15, 0.2) is 0 Å². The Morgan fingerprint density at radius 1 is 1.27 bits per heavy atom. The molecule has 2 aliphatic carbocycles. The van der Waals surface area contributed by atoms with Crippen LogP contribution in [0.3, 0.4) is 0 Å². The zero-order chi connectivity index (χ0) is 15.9. The average Bonchev–Trinajstić information content (AvgIpc) is 3.02. The Kier molecular flexibility index (Phi) is 4.79. The first-order chi connectivity index (χ1) is 10.5. The van der Waals surface area contributed by atoms with E-state index >= 15 is 0 Å². The van der Waals surface area contributed by atoms with Gasteiger partial charge in [0.25, 0.3) is 0 Å². The summed E-state index contributed by atoms with van der Waals surface area (Å²) in [5.41, 5.74) is 0. The Bertz CT molecular complexity index is 463. The van der Waals surface area contributed by atoms with Crippen LogP contribution in [0.2, 0.25) is 0 Å². The lowest BCUT2D eigenvalue weighted by molar-refractivity contribution is -0.164. The molecule has 1 heterocycles. The van der Waals surface area contributed by atoms with Crippen LogP contribution in [0.4, 0.5) is 0 Å². The number of thioether (sulfide) groups is 2. The number of aliphatic hydroxyl groups excluding tert-OH is 1. The van der Waals surface area contributed by atoms with E-state index in [1.165, 1.54) is 14.2 Å². The first kappa shape index (κ1) is 16.6. The number of carbonyl (C=O) groups is 2. The molecule has 2 saturated carbocycles. The molecule has 5 atom stereocenters. The predicted octanol–water partition coefficient (Wildman–Crippen LogP) is 1.53. The molecular formula is C15H22O5S2. The van der Waals surface area contributed by atoms with E-state index in [1.54, 1.807) is 0 Å². The first-order valence-electron chi connectivity index (χ1n) is 7.63. The zero-order valence-corrected chi connectivity index (χ0v) is 14.5. The lowest BCUT2D eigenvalue weighted by Gasteiger charge is -2.51. The van der Waals surface area contributed by atoms with Crippen molar-refractivity contribution in [1.29, 1.82) is 0 Å². The molecule has 5 nitrogen and oxygen atoms in total. The Morgan fingerprint density at radius 2 is 1.95 bits per heavy atom. The van der Waals surface area contributed by atoms with Crippen LogP contribution in [-0.2, 0) is 19.1 Å². The van der Waals surface area contributed by atoms with E-state index in [1.807, 2.05) is 23.5 Å². The van der Waals surface area contributed by atoms with Crippen molar-refractivity contribution in [2.45, 2.75) is 29.6 Å². The Morgan fingerprint density at radius 3 is 2.55 bits per heavy atom. The highest BCUT2D eigenvalue weighted by Crippen LogP contribution is 2.63. The molecule has 1 saturated heterocycles. The van der Waals surface area contributed by atoms with Gasteiger partial charge in [0, 0.05) is 24.5 Å². The Hall–Kier alpha value is -0.240. The number of ketones is 1. The second-order valence-electron chi connectivity index (χ2n) is 6.23. The van der Waals surface area contributed by atoms with Gasteiger partial charge in [-0.25, -0.2) is 0 Å². The number of rotatable bonds is 3. The molecule has 0 aromatic heterocycles. The third-order valence-electron chi connectivity index (χ3n) is 5.26. The van der Waals surface area contributed by atoms with Crippen molar-refractivity contribution in [3.8, 4) is 0 Å². The molecule has 7 heteroatoms. The van der Waals surface area contributed by atoms with Gasteiger partial charge in [-0.05, 0) is 25.2 Å². The summed E-state index contributed by atoms with van der Waals surface area (Å²) in [6, 6.07) is 0. The monoisotopic (exact) mass is 346 g/mol. The van der Waals surface area contributed by atoms with E-state index in [9.17, 15) is 14.7 Å². The second kappa shape index (κ2) is 6.34. The molecule has 1 spiro atoms. The minimum Gasteiger partial charge on any atom is -0.469 e. The smallest absolute Gasteiger partial charge is 0.310 e. The Balaban J connectivity index is 1.92. The summed E-state index contributed by atoms with van der Waals surface area (Å²) in [7, 11) is 2.85. The fraction of sp³-hybridized carbons (Fsp3) is 0.867. The van der Waals surface area contributed by atoms with Crippen LogP contribution in [-0.4, -0.2) is 53.0 Å². The summed E-state index contributed by atoms with van der Waals surface area (Å²) < 4.78 is 9.82. The van der Waals surface area contributed by atoms with Crippen molar-refractivity contribution in [1.82, 2.24) is 0 Å². The lowest BCUT2D eigenvalue weighted by Crippen LogP contribution is -2.55. The van der Waals surface area contributed by atoms with Gasteiger partial charge in [-0.3, -0.25) is 9.59 Å². The minimum atomic E-state index is -1.04. The van der Waals surface area contributed by atoms with Gasteiger partial charge in [-0.15, -0.1) is 23.5 Å². The standard InChI is InChI=1S/C15H22O5S2/c1-19-13(17)10-7-9-5-8(12(10)16)6-11(14(18)20-2)15(9)21-3-4-22-15/h8-11,13,17H,3-7H2,1-2H3/t8-,9-,10+,11-,13+/m1/s1. The molecule has 3 aliphatic rings. The zero-order valence-electron chi connectivity index (χ0n) is 12.8. The summed E-state index contributed by atoms with van der Waals surface area (Å²) in [5, 5.41) is 10.0. The van der Waals surface area contributed by atoms with Crippen LogP contribution in [0.25, 0.3) is 0 Å². The van der Waals surface area contributed by atoms with Gasteiger partial charge in [-0.1, -0.05) is 0 Å².